The van der Waals surface area contributed by atoms with Crippen LogP contribution in [0, 0.1) is 12.8 Å². The topological polar surface area (TPSA) is 96.7 Å². The lowest BCUT2D eigenvalue weighted by molar-refractivity contribution is -0.121. The number of piperidine rings is 1. The molecule has 0 aliphatic carbocycles. The summed E-state index contributed by atoms with van der Waals surface area (Å²) in [5.74, 6) is 1.29. The Balaban J connectivity index is 1.53. The average Bonchev–Trinajstić information content (AvgIpc) is 3.06. The van der Waals surface area contributed by atoms with E-state index in [1.54, 1.807) is 36.1 Å². The minimum absolute atomic E-state index is 0.111. The molecule has 2 heterocycles. The average molecular weight is 393 g/mol. The van der Waals surface area contributed by atoms with Gasteiger partial charge >= 0.3 is 6.03 Å². The number of nitrogens with zero attached hydrogens (tertiary/aromatic N) is 2. The Hall–Kier alpha value is -2.74. The zero-order chi connectivity index (χ0) is 19.4. The maximum absolute atomic E-state index is 12.5. The predicted molar refractivity (Wildman–Crippen MR) is 101 cm³/mol. The van der Waals surface area contributed by atoms with E-state index in [-0.39, 0.29) is 17.9 Å². The summed E-state index contributed by atoms with van der Waals surface area (Å²) in [6.45, 7) is 2.71. The molecule has 1 aliphatic rings. The Morgan fingerprint density at radius 2 is 2.00 bits per heavy atom. The molecule has 0 bridgehead atoms. The molecule has 1 aromatic heterocycles. The van der Waals surface area contributed by atoms with E-state index in [0.29, 0.717) is 54.0 Å². The lowest BCUT2D eigenvalue weighted by atomic mass is 9.96. The van der Waals surface area contributed by atoms with Crippen LogP contribution in [0.2, 0.25) is 5.02 Å². The Morgan fingerprint density at radius 3 is 2.63 bits per heavy atom. The highest BCUT2D eigenvalue weighted by molar-refractivity contribution is 6.31. The van der Waals surface area contributed by atoms with Crippen molar-refractivity contribution in [1.29, 1.82) is 0 Å². The number of carbonyl (C=O) groups excluding carboxylic acids is 2. The monoisotopic (exact) mass is 392 g/mol. The molecule has 3 rings (SSSR count). The molecule has 144 valence electrons. The van der Waals surface area contributed by atoms with Crippen molar-refractivity contribution in [3.63, 3.8) is 0 Å². The first-order valence-corrected chi connectivity index (χ1v) is 8.97. The highest BCUT2D eigenvalue weighted by atomic mass is 35.5. The second kappa shape index (κ2) is 8.30. The highest BCUT2D eigenvalue weighted by Crippen LogP contribution is 2.28. The lowest BCUT2D eigenvalue weighted by Gasteiger charge is -2.31. The zero-order valence-electron chi connectivity index (χ0n) is 15.1. The van der Waals surface area contributed by atoms with E-state index in [9.17, 15) is 9.59 Å². The van der Waals surface area contributed by atoms with E-state index < -0.39 is 0 Å². The van der Waals surface area contributed by atoms with Crippen LogP contribution >= 0.6 is 11.6 Å². The summed E-state index contributed by atoms with van der Waals surface area (Å²) in [6.07, 6.45) is 1.14. The van der Waals surface area contributed by atoms with Gasteiger partial charge < -0.3 is 24.8 Å². The van der Waals surface area contributed by atoms with Crippen molar-refractivity contribution in [2.75, 3.05) is 30.8 Å². The molecule has 2 N–H and O–H groups in total. The van der Waals surface area contributed by atoms with Crippen LogP contribution in [0.5, 0.6) is 5.75 Å². The minimum atomic E-state index is -0.249. The van der Waals surface area contributed by atoms with Gasteiger partial charge in [-0.25, -0.2) is 4.79 Å². The van der Waals surface area contributed by atoms with Crippen molar-refractivity contribution in [2.24, 2.45) is 5.92 Å². The number of benzene rings is 1. The number of aryl methyl sites for hydroxylation is 1. The van der Waals surface area contributed by atoms with E-state index in [0.717, 1.165) is 0 Å². The van der Waals surface area contributed by atoms with Crippen molar-refractivity contribution in [1.82, 2.24) is 10.1 Å². The largest absolute Gasteiger partial charge is 0.495 e. The van der Waals surface area contributed by atoms with Crippen LogP contribution in [0.3, 0.4) is 0 Å². The Bertz CT molecular complexity index is 831. The van der Waals surface area contributed by atoms with Gasteiger partial charge in [-0.05, 0) is 38.0 Å². The summed E-state index contributed by atoms with van der Waals surface area (Å²) in [4.78, 5) is 26.5. The fraction of sp³-hybridized carbons (Fsp3) is 0.389. The van der Waals surface area contributed by atoms with Crippen LogP contribution in [0.1, 0.15) is 18.6 Å². The van der Waals surface area contributed by atoms with Crippen LogP contribution in [-0.4, -0.2) is 42.2 Å². The number of halogens is 1. The third-order valence-corrected chi connectivity index (χ3v) is 4.67. The number of amides is 3. The number of nitrogens with one attached hydrogen (secondary N) is 2. The van der Waals surface area contributed by atoms with Gasteiger partial charge in [0.15, 0.2) is 5.82 Å². The van der Waals surface area contributed by atoms with Gasteiger partial charge in [0, 0.05) is 30.1 Å². The molecule has 0 unspecified atom stereocenters. The van der Waals surface area contributed by atoms with E-state index >= 15 is 0 Å². The summed E-state index contributed by atoms with van der Waals surface area (Å²) in [7, 11) is 1.53. The Labute approximate surface area is 161 Å². The summed E-state index contributed by atoms with van der Waals surface area (Å²) in [5.41, 5.74) is 0.510. The number of ether oxygens (including phenoxy) is 1. The van der Waals surface area contributed by atoms with Crippen LogP contribution in [0.15, 0.2) is 28.8 Å². The van der Waals surface area contributed by atoms with Crippen LogP contribution in [0.25, 0.3) is 0 Å². The van der Waals surface area contributed by atoms with Crippen molar-refractivity contribution >= 4 is 35.0 Å². The third-order valence-electron chi connectivity index (χ3n) is 4.44. The first-order valence-electron chi connectivity index (χ1n) is 8.60. The van der Waals surface area contributed by atoms with Gasteiger partial charge in [0.1, 0.15) is 11.5 Å². The summed E-state index contributed by atoms with van der Waals surface area (Å²) < 4.78 is 10.2. The van der Waals surface area contributed by atoms with E-state index in [1.165, 1.54) is 7.11 Å². The van der Waals surface area contributed by atoms with Crippen LogP contribution < -0.4 is 15.4 Å². The van der Waals surface area contributed by atoms with Crippen molar-refractivity contribution in [2.45, 2.75) is 19.8 Å². The maximum Gasteiger partial charge on any atom is 0.321 e. The normalized spacial score (nSPS) is 14.7. The first-order chi connectivity index (χ1) is 13.0. The third kappa shape index (κ3) is 4.71. The summed E-state index contributed by atoms with van der Waals surface area (Å²) in [6, 6.07) is 6.44. The molecule has 8 nitrogen and oxygen atoms in total. The first kappa shape index (κ1) is 19.0. The number of hydrogen-bond acceptors (Lipinski definition) is 5. The standard InChI is InChI=1S/C18H21ClN4O4/c1-11-9-16(22-27-11)21-17(24)12-5-7-23(8-6-12)18(25)20-14-10-13(19)3-4-15(14)26-2/h3-4,9-10,12H,5-8H2,1-2H3,(H,20,25)(H,21,22,24). The van der Waals surface area contributed by atoms with Crippen LogP contribution in [-0.2, 0) is 4.79 Å². The van der Waals surface area contributed by atoms with Gasteiger partial charge in [-0.3, -0.25) is 4.79 Å². The fourth-order valence-electron chi connectivity index (χ4n) is 2.97. The Kier molecular flexibility index (Phi) is 5.85. The minimum Gasteiger partial charge on any atom is -0.495 e. The van der Waals surface area contributed by atoms with Gasteiger partial charge in [-0.2, -0.15) is 0 Å². The summed E-state index contributed by atoms with van der Waals surface area (Å²) >= 11 is 5.99. The van der Waals surface area contributed by atoms with E-state index in [4.69, 9.17) is 20.9 Å². The molecule has 2 aromatic rings. The fourth-order valence-corrected chi connectivity index (χ4v) is 3.14. The molecule has 0 saturated carbocycles. The van der Waals surface area contributed by atoms with Crippen molar-refractivity contribution in [3.05, 3.63) is 35.0 Å². The number of methoxy groups -OCH3 is 1. The molecule has 1 aliphatic heterocycles. The quantitative estimate of drug-likeness (QED) is 0.829. The molecule has 27 heavy (non-hydrogen) atoms. The van der Waals surface area contributed by atoms with Gasteiger partial charge in [0.05, 0.1) is 12.8 Å². The molecule has 3 amide bonds. The van der Waals surface area contributed by atoms with Crippen molar-refractivity contribution in [3.8, 4) is 5.75 Å². The second-order valence-electron chi connectivity index (χ2n) is 6.35. The number of rotatable bonds is 4. The van der Waals surface area contributed by atoms with E-state index in [2.05, 4.69) is 15.8 Å². The summed E-state index contributed by atoms with van der Waals surface area (Å²) in [5, 5.41) is 9.82. The molecule has 0 spiro atoms. The molecule has 0 atom stereocenters. The zero-order valence-corrected chi connectivity index (χ0v) is 15.9. The lowest BCUT2D eigenvalue weighted by Crippen LogP contribution is -2.43. The van der Waals surface area contributed by atoms with E-state index in [1.807, 2.05) is 0 Å². The molecule has 9 heteroatoms. The maximum atomic E-state index is 12.5. The molecule has 0 radical (unpaired) electrons. The molecule has 1 fully saturated rings. The number of likely N-dealkylation sites (tertiary alicyclic amines) is 1. The van der Waals surface area contributed by atoms with Gasteiger partial charge in [0.2, 0.25) is 5.91 Å². The number of anilines is 2. The number of carbonyl (C=O) groups is 2. The SMILES string of the molecule is COc1ccc(Cl)cc1NC(=O)N1CCC(C(=O)Nc2cc(C)on2)CC1. The van der Waals surface area contributed by atoms with Gasteiger partial charge in [-0.15, -0.1) is 0 Å². The molecular formula is C18H21ClN4O4. The number of urea groups is 1. The molecular weight excluding hydrogens is 372 g/mol. The number of aromatic nitrogens is 1. The predicted octanol–water partition coefficient (Wildman–Crippen LogP) is 3.53. The van der Waals surface area contributed by atoms with Crippen LogP contribution in [0.4, 0.5) is 16.3 Å². The number of hydrogen-bond donors (Lipinski definition) is 2. The highest BCUT2D eigenvalue weighted by Gasteiger charge is 2.28. The van der Waals surface area contributed by atoms with Gasteiger partial charge in [0.25, 0.3) is 0 Å². The van der Waals surface area contributed by atoms with Crippen molar-refractivity contribution < 1.29 is 18.8 Å². The van der Waals surface area contributed by atoms with Gasteiger partial charge in [-0.1, -0.05) is 16.8 Å². The molecule has 1 aromatic carbocycles. The second-order valence-corrected chi connectivity index (χ2v) is 6.78. The molecule has 1 saturated heterocycles. The smallest absolute Gasteiger partial charge is 0.321 e. The Morgan fingerprint density at radius 1 is 1.26 bits per heavy atom.